The van der Waals surface area contributed by atoms with Gasteiger partial charge >= 0.3 is 0 Å². The van der Waals surface area contributed by atoms with Gasteiger partial charge in [-0.15, -0.1) is 0 Å². The number of rotatable bonds is 1. The maximum Gasteiger partial charge on any atom is 0.0693 e. The molecule has 62 valence electrons. The summed E-state index contributed by atoms with van der Waals surface area (Å²) in [6.45, 7) is 0.960. The lowest BCUT2D eigenvalue weighted by Gasteiger charge is -1.98. The Bertz CT molecular complexity index is 320. The van der Waals surface area contributed by atoms with Crippen LogP contribution in [0.4, 0.5) is 0 Å². The number of hydrogen-bond donors (Lipinski definition) is 1. The molecule has 0 saturated heterocycles. The van der Waals surface area contributed by atoms with E-state index in [1.165, 1.54) is 5.56 Å². The minimum Gasteiger partial charge on any atom is -0.309 e. The summed E-state index contributed by atoms with van der Waals surface area (Å²) >= 11 is 3.43. The van der Waals surface area contributed by atoms with Crippen molar-refractivity contribution in [2.45, 2.75) is 6.42 Å². The van der Waals surface area contributed by atoms with Crippen molar-refractivity contribution < 1.29 is 0 Å². The van der Waals surface area contributed by atoms with Crippen molar-refractivity contribution in [1.29, 1.82) is 0 Å². The molecule has 0 spiro atoms. The van der Waals surface area contributed by atoms with Crippen molar-refractivity contribution in [1.82, 2.24) is 5.43 Å². The van der Waals surface area contributed by atoms with Gasteiger partial charge < -0.3 is 5.43 Å². The van der Waals surface area contributed by atoms with E-state index >= 15 is 0 Å². The molecule has 1 aromatic carbocycles. The Morgan fingerprint density at radius 1 is 1.42 bits per heavy atom. The Kier molecular flexibility index (Phi) is 2.13. The van der Waals surface area contributed by atoms with Gasteiger partial charge in [-0.05, 0) is 17.7 Å². The predicted molar refractivity (Wildman–Crippen MR) is 53.3 cm³/mol. The zero-order valence-electron chi connectivity index (χ0n) is 6.55. The van der Waals surface area contributed by atoms with Crippen molar-refractivity contribution in [2.75, 3.05) is 6.54 Å². The van der Waals surface area contributed by atoms with Crippen LogP contribution in [0.1, 0.15) is 12.0 Å². The normalized spacial score (nSPS) is 15.6. The molecule has 1 N–H and O–H groups in total. The van der Waals surface area contributed by atoms with Crippen molar-refractivity contribution in [3.05, 3.63) is 34.3 Å². The summed E-state index contributed by atoms with van der Waals surface area (Å²) in [6.07, 6.45) is 1.02. The van der Waals surface area contributed by atoms with E-state index in [2.05, 4.69) is 38.6 Å². The van der Waals surface area contributed by atoms with Crippen LogP contribution in [0.25, 0.3) is 0 Å². The Morgan fingerprint density at radius 2 is 2.33 bits per heavy atom. The molecule has 1 heterocycles. The van der Waals surface area contributed by atoms with E-state index in [1.54, 1.807) is 0 Å². The van der Waals surface area contributed by atoms with Crippen LogP contribution >= 0.6 is 15.9 Å². The number of benzene rings is 1. The highest BCUT2D eigenvalue weighted by Crippen LogP contribution is 2.14. The molecule has 1 aromatic rings. The average molecular weight is 225 g/mol. The Labute approximate surface area is 79.8 Å². The summed E-state index contributed by atoms with van der Waals surface area (Å²) in [7, 11) is 0. The molecule has 0 fully saturated rings. The smallest absolute Gasteiger partial charge is 0.0693 e. The molecule has 0 atom stereocenters. The number of nitrogens with one attached hydrogen (secondary N) is 1. The molecule has 0 amide bonds. The van der Waals surface area contributed by atoms with Crippen LogP contribution in [0.5, 0.6) is 0 Å². The van der Waals surface area contributed by atoms with Gasteiger partial charge in [-0.2, -0.15) is 5.10 Å². The third-order valence-electron chi connectivity index (χ3n) is 1.85. The molecule has 0 bridgehead atoms. The zero-order valence-corrected chi connectivity index (χ0v) is 8.13. The third kappa shape index (κ3) is 1.50. The van der Waals surface area contributed by atoms with Gasteiger partial charge in [0.25, 0.3) is 0 Å². The summed E-state index contributed by atoms with van der Waals surface area (Å²) < 4.78 is 1.11. The van der Waals surface area contributed by atoms with Gasteiger partial charge in [-0.1, -0.05) is 28.1 Å². The van der Waals surface area contributed by atoms with Gasteiger partial charge in [-0.25, -0.2) is 0 Å². The highest BCUT2D eigenvalue weighted by atomic mass is 79.9. The van der Waals surface area contributed by atoms with Crippen LogP contribution in [0.15, 0.2) is 33.8 Å². The van der Waals surface area contributed by atoms with E-state index in [0.717, 1.165) is 23.1 Å². The van der Waals surface area contributed by atoms with Gasteiger partial charge in [0.15, 0.2) is 0 Å². The lowest BCUT2D eigenvalue weighted by Crippen LogP contribution is -1.97. The van der Waals surface area contributed by atoms with Gasteiger partial charge in [-0.3, -0.25) is 0 Å². The lowest BCUT2D eigenvalue weighted by molar-refractivity contribution is 0.813. The minimum atomic E-state index is 0.960. The Hall–Kier alpha value is -0.830. The second-order valence-corrected chi connectivity index (χ2v) is 3.64. The van der Waals surface area contributed by atoms with Crippen LogP contribution in [-0.2, 0) is 0 Å². The summed E-state index contributed by atoms with van der Waals surface area (Å²) in [5.41, 5.74) is 5.32. The van der Waals surface area contributed by atoms with E-state index in [9.17, 15) is 0 Å². The van der Waals surface area contributed by atoms with Crippen molar-refractivity contribution in [3.63, 3.8) is 0 Å². The first-order valence-corrected chi connectivity index (χ1v) is 4.71. The Balaban J connectivity index is 2.33. The van der Waals surface area contributed by atoms with Crippen LogP contribution in [-0.4, -0.2) is 12.3 Å². The molecule has 0 unspecified atom stereocenters. The van der Waals surface area contributed by atoms with E-state index < -0.39 is 0 Å². The molecule has 2 rings (SSSR count). The van der Waals surface area contributed by atoms with Crippen LogP contribution in [0, 0.1) is 0 Å². The SMILES string of the molecule is Brc1cccc(C2=NNCC2)c1. The average Bonchev–Trinajstić information content (AvgIpc) is 2.56. The third-order valence-corrected chi connectivity index (χ3v) is 2.34. The van der Waals surface area contributed by atoms with Crippen molar-refractivity contribution in [3.8, 4) is 0 Å². The number of hydrazone groups is 1. The first-order chi connectivity index (χ1) is 5.86. The molecule has 3 heteroatoms. The summed E-state index contributed by atoms with van der Waals surface area (Å²) in [4.78, 5) is 0. The predicted octanol–water partition coefficient (Wildman–Crippen LogP) is 2.15. The van der Waals surface area contributed by atoms with Crippen LogP contribution in [0.2, 0.25) is 0 Å². The second kappa shape index (κ2) is 3.27. The standard InChI is InChI=1S/C9H9BrN2/c10-8-3-1-2-7(6-8)9-4-5-11-12-9/h1-3,6,11H,4-5H2. The van der Waals surface area contributed by atoms with E-state index in [4.69, 9.17) is 0 Å². The highest BCUT2D eigenvalue weighted by molar-refractivity contribution is 9.10. The highest BCUT2D eigenvalue weighted by Gasteiger charge is 2.07. The maximum atomic E-state index is 4.19. The number of halogens is 1. The topological polar surface area (TPSA) is 24.4 Å². The van der Waals surface area contributed by atoms with Crippen molar-refractivity contribution in [2.24, 2.45) is 5.10 Å². The molecule has 0 aliphatic carbocycles. The largest absolute Gasteiger partial charge is 0.309 e. The fourth-order valence-electron chi connectivity index (χ4n) is 1.26. The van der Waals surface area contributed by atoms with E-state index in [-0.39, 0.29) is 0 Å². The zero-order chi connectivity index (χ0) is 8.39. The van der Waals surface area contributed by atoms with Crippen LogP contribution < -0.4 is 5.43 Å². The van der Waals surface area contributed by atoms with Crippen molar-refractivity contribution >= 4 is 21.6 Å². The second-order valence-electron chi connectivity index (χ2n) is 2.73. The molecule has 2 nitrogen and oxygen atoms in total. The fourth-order valence-corrected chi connectivity index (χ4v) is 1.66. The van der Waals surface area contributed by atoms with Gasteiger partial charge in [0.1, 0.15) is 0 Å². The minimum absolute atomic E-state index is 0.960. The summed E-state index contributed by atoms with van der Waals surface area (Å²) in [5, 5.41) is 4.19. The van der Waals surface area contributed by atoms with Gasteiger partial charge in [0.2, 0.25) is 0 Å². The molecule has 0 radical (unpaired) electrons. The van der Waals surface area contributed by atoms with Crippen LogP contribution in [0.3, 0.4) is 0 Å². The summed E-state index contributed by atoms with van der Waals surface area (Å²) in [6, 6.07) is 8.22. The first-order valence-electron chi connectivity index (χ1n) is 3.91. The molecule has 0 saturated carbocycles. The molecular weight excluding hydrogens is 216 g/mol. The molecule has 12 heavy (non-hydrogen) atoms. The molecule has 1 aliphatic rings. The van der Waals surface area contributed by atoms with E-state index in [0.29, 0.717) is 0 Å². The first kappa shape index (κ1) is 7.80. The summed E-state index contributed by atoms with van der Waals surface area (Å²) in [5.74, 6) is 0. The Morgan fingerprint density at radius 3 is 3.00 bits per heavy atom. The quantitative estimate of drug-likeness (QED) is 0.777. The van der Waals surface area contributed by atoms with Gasteiger partial charge in [0, 0.05) is 17.4 Å². The number of hydrogen-bond acceptors (Lipinski definition) is 2. The van der Waals surface area contributed by atoms with Gasteiger partial charge in [0.05, 0.1) is 5.71 Å². The maximum absolute atomic E-state index is 4.19. The fraction of sp³-hybridized carbons (Fsp3) is 0.222. The molecule has 1 aliphatic heterocycles. The monoisotopic (exact) mass is 224 g/mol. The molecule has 0 aromatic heterocycles. The molecular formula is C9H9BrN2. The van der Waals surface area contributed by atoms with E-state index in [1.807, 2.05) is 12.1 Å². The lowest BCUT2D eigenvalue weighted by atomic mass is 10.1. The number of nitrogens with zero attached hydrogens (tertiary/aromatic N) is 1.